The summed E-state index contributed by atoms with van der Waals surface area (Å²) < 4.78 is 52.3. The number of halogens is 3. The highest BCUT2D eigenvalue weighted by atomic mass is 19.1. The summed E-state index contributed by atoms with van der Waals surface area (Å²) >= 11 is 0. The monoisotopic (exact) mass is 471 g/mol. The summed E-state index contributed by atoms with van der Waals surface area (Å²) in [6.45, 7) is 3.88. The summed E-state index contributed by atoms with van der Waals surface area (Å²) in [5.41, 5.74) is 0.251. The molecule has 0 amide bonds. The van der Waals surface area contributed by atoms with Crippen molar-refractivity contribution in [2.24, 2.45) is 0 Å². The molecule has 1 fully saturated rings. The molecule has 178 valence electrons. The van der Waals surface area contributed by atoms with Crippen LogP contribution >= 0.6 is 0 Å². The van der Waals surface area contributed by atoms with E-state index in [1.807, 2.05) is 18.4 Å². The number of carbonyl (C=O) groups is 1. The molecule has 0 unspecified atom stereocenters. The van der Waals surface area contributed by atoms with Crippen molar-refractivity contribution in [2.45, 2.75) is 50.6 Å². The van der Waals surface area contributed by atoms with Gasteiger partial charge in [0.15, 0.2) is 17.4 Å². The van der Waals surface area contributed by atoms with Gasteiger partial charge in [-0.2, -0.15) is 5.10 Å². The minimum atomic E-state index is -2.36. The second kappa shape index (κ2) is 7.78. The Bertz CT molecular complexity index is 1440. The first-order chi connectivity index (χ1) is 16.2. The molecule has 2 N–H and O–H groups in total. The van der Waals surface area contributed by atoms with Crippen LogP contribution in [0.15, 0.2) is 30.5 Å². The molecule has 9 heteroatoms. The predicted molar refractivity (Wildman–Crippen MR) is 122 cm³/mol. The van der Waals surface area contributed by atoms with Gasteiger partial charge >= 0.3 is 5.97 Å². The van der Waals surface area contributed by atoms with E-state index in [1.165, 1.54) is 25.4 Å². The number of carboxylic acid groups (broad SMARTS) is 1. The highest BCUT2D eigenvalue weighted by Gasteiger charge is 2.48. The van der Waals surface area contributed by atoms with Crippen molar-refractivity contribution < 1.29 is 27.8 Å². The standard InChI is InChI=1S/C25H24F3N3O3/c1-12(2)23-19(13-6-7-25(28,10-13)24(32)33)20-17(8-14-11-29-30-22(14)21(20)27)31(23)15-4-5-16(26)18(9-15)34-3/h4-5,8-9,11-13H,6-7,10H2,1-3H3,(H,29,30)(H,32,33)/t13-,25+/m1/s1. The van der Waals surface area contributed by atoms with E-state index in [1.54, 1.807) is 12.1 Å². The van der Waals surface area contributed by atoms with Crippen LogP contribution in [0.3, 0.4) is 0 Å². The lowest BCUT2D eigenvalue weighted by molar-refractivity contribution is -0.150. The number of hydrogen-bond donors (Lipinski definition) is 2. The molecular formula is C25H24F3N3O3. The number of rotatable bonds is 5. The zero-order valence-corrected chi connectivity index (χ0v) is 19.0. The summed E-state index contributed by atoms with van der Waals surface area (Å²) in [5, 5.41) is 16.9. The fourth-order valence-corrected chi connectivity index (χ4v) is 5.34. The fraction of sp³-hybridized carbons (Fsp3) is 0.360. The first-order valence-corrected chi connectivity index (χ1v) is 11.1. The molecular weight excluding hydrogens is 447 g/mol. The Hall–Kier alpha value is -3.49. The van der Waals surface area contributed by atoms with Crippen LogP contribution in [0.5, 0.6) is 5.75 Å². The number of carboxylic acids is 1. The Morgan fingerprint density at radius 2 is 2.09 bits per heavy atom. The average molecular weight is 471 g/mol. The number of aromatic nitrogens is 3. The number of ether oxygens (including phenoxy) is 1. The molecule has 2 aromatic heterocycles. The number of hydrogen-bond acceptors (Lipinski definition) is 3. The molecule has 2 atom stereocenters. The van der Waals surface area contributed by atoms with E-state index in [0.717, 1.165) is 5.69 Å². The quantitative estimate of drug-likeness (QED) is 0.375. The number of benzene rings is 2. The zero-order chi connectivity index (χ0) is 24.4. The highest BCUT2D eigenvalue weighted by molar-refractivity contribution is 6.00. The van der Waals surface area contributed by atoms with Crippen LogP contribution in [-0.4, -0.2) is 38.6 Å². The third-order valence-corrected chi connectivity index (χ3v) is 6.87. The SMILES string of the molecule is COc1cc(-n2c(C(C)C)c([C@@H]3CC[C@@](F)(C(=O)O)C3)c3c(F)c4[nH]ncc4cc32)ccc1F. The van der Waals surface area contributed by atoms with Gasteiger partial charge in [-0.3, -0.25) is 5.10 Å². The lowest BCUT2D eigenvalue weighted by Crippen LogP contribution is -2.30. The average Bonchev–Trinajstić information content (AvgIpc) is 3.50. The first kappa shape index (κ1) is 22.3. The van der Waals surface area contributed by atoms with Gasteiger partial charge in [0, 0.05) is 28.2 Å². The Kier molecular flexibility index (Phi) is 5.11. The summed E-state index contributed by atoms with van der Waals surface area (Å²) in [4.78, 5) is 11.6. The largest absolute Gasteiger partial charge is 0.494 e. The maximum absolute atomic E-state index is 16.0. The molecule has 0 spiro atoms. The van der Waals surface area contributed by atoms with Gasteiger partial charge in [0.05, 0.1) is 18.8 Å². The van der Waals surface area contributed by atoms with Gasteiger partial charge in [0.1, 0.15) is 5.52 Å². The lowest BCUT2D eigenvalue weighted by Gasteiger charge is -2.19. The van der Waals surface area contributed by atoms with Crippen LogP contribution in [-0.2, 0) is 4.79 Å². The second-order valence-corrected chi connectivity index (χ2v) is 9.24. The first-order valence-electron chi connectivity index (χ1n) is 11.1. The number of fused-ring (bicyclic) bond motifs is 2. The number of nitrogens with one attached hydrogen (secondary N) is 1. The number of alkyl halides is 1. The van der Waals surface area contributed by atoms with Crippen LogP contribution in [0.4, 0.5) is 13.2 Å². The maximum atomic E-state index is 16.0. The number of H-pyrrole nitrogens is 1. The molecule has 5 rings (SSSR count). The summed E-state index contributed by atoms with van der Waals surface area (Å²) in [6, 6.07) is 6.18. The van der Waals surface area contributed by atoms with Gasteiger partial charge in [0.2, 0.25) is 5.67 Å². The third-order valence-electron chi connectivity index (χ3n) is 6.87. The van der Waals surface area contributed by atoms with Crippen LogP contribution in [0.2, 0.25) is 0 Å². The molecule has 6 nitrogen and oxygen atoms in total. The summed E-state index contributed by atoms with van der Waals surface area (Å²) in [5.74, 6) is -3.15. The van der Waals surface area contributed by atoms with Gasteiger partial charge in [-0.1, -0.05) is 13.8 Å². The smallest absolute Gasteiger partial charge is 0.341 e. The maximum Gasteiger partial charge on any atom is 0.341 e. The van der Waals surface area contributed by atoms with Gasteiger partial charge in [-0.15, -0.1) is 0 Å². The molecule has 0 radical (unpaired) electrons. The predicted octanol–water partition coefficient (Wildman–Crippen LogP) is 5.98. The molecule has 4 aromatic rings. The van der Waals surface area contributed by atoms with E-state index in [0.29, 0.717) is 27.5 Å². The Morgan fingerprint density at radius 3 is 2.74 bits per heavy atom. The second-order valence-electron chi connectivity index (χ2n) is 9.24. The van der Waals surface area contributed by atoms with Crippen LogP contribution in [0, 0.1) is 11.6 Å². The highest BCUT2D eigenvalue weighted by Crippen LogP contribution is 2.50. The molecule has 0 aliphatic heterocycles. The molecule has 0 bridgehead atoms. The Balaban J connectivity index is 1.88. The normalized spacial score (nSPS) is 20.6. The topological polar surface area (TPSA) is 80.1 Å². The Morgan fingerprint density at radius 1 is 1.32 bits per heavy atom. The minimum absolute atomic E-state index is 0.0370. The molecule has 0 saturated heterocycles. The van der Waals surface area contributed by atoms with Crippen molar-refractivity contribution in [3.8, 4) is 11.4 Å². The molecule has 34 heavy (non-hydrogen) atoms. The molecule has 2 heterocycles. The van der Waals surface area contributed by atoms with Gasteiger partial charge in [0.25, 0.3) is 0 Å². The zero-order valence-electron chi connectivity index (χ0n) is 19.0. The van der Waals surface area contributed by atoms with Crippen molar-refractivity contribution in [2.75, 3.05) is 7.11 Å². The Labute approximate surface area is 193 Å². The summed E-state index contributed by atoms with van der Waals surface area (Å²) in [7, 11) is 1.37. The van der Waals surface area contributed by atoms with E-state index in [4.69, 9.17) is 4.74 Å². The van der Waals surface area contributed by atoms with E-state index in [9.17, 15) is 14.3 Å². The van der Waals surface area contributed by atoms with Gasteiger partial charge in [-0.25, -0.2) is 18.0 Å². The van der Waals surface area contributed by atoms with E-state index in [-0.39, 0.29) is 36.4 Å². The van der Waals surface area contributed by atoms with Gasteiger partial charge < -0.3 is 14.4 Å². The van der Waals surface area contributed by atoms with Crippen LogP contribution in [0.25, 0.3) is 27.5 Å². The fourth-order valence-electron chi connectivity index (χ4n) is 5.34. The van der Waals surface area contributed by atoms with Crippen molar-refractivity contribution in [3.63, 3.8) is 0 Å². The third kappa shape index (κ3) is 3.17. The van der Waals surface area contributed by atoms with E-state index < -0.39 is 29.2 Å². The van der Waals surface area contributed by atoms with Crippen LogP contribution in [0.1, 0.15) is 56.2 Å². The van der Waals surface area contributed by atoms with E-state index >= 15 is 8.78 Å². The molecule has 2 aromatic carbocycles. The van der Waals surface area contributed by atoms with Crippen molar-refractivity contribution >= 4 is 27.8 Å². The molecule has 1 aliphatic carbocycles. The minimum Gasteiger partial charge on any atom is -0.494 e. The van der Waals surface area contributed by atoms with Crippen molar-refractivity contribution in [1.29, 1.82) is 0 Å². The van der Waals surface area contributed by atoms with Crippen molar-refractivity contribution in [1.82, 2.24) is 14.8 Å². The summed E-state index contributed by atoms with van der Waals surface area (Å²) in [6.07, 6.45) is 1.40. The van der Waals surface area contributed by atoms with Gasteiger partial charge in [-0.05, 0) is 54.9 Å². The molecule has 1 saturated carbocycles. The van der Waals surface area contributed by atoms with Crippen molar-refractivity contribution in [3.05, 3.63) is 53.4 Å². The number of aliphatic carboxylic acids is 1. The number of nitrogens with zero attached hydrogens (tertiary/aromatic N) is 2. The van der Waals surface area contributed by atoms with E-state index in [2.05, 4.69) is 10.2 Å². The number of aromatic amines is 1. The molecule has 1 aliphatic rings. The lowest BCUT2D eigenvalue weighted by atomic mass is 9.89. The van der Waals surface area contributed by atoms with Crippen LogP contribution < -0.4 is 4.74 Å². The number of methoxy groups -OCH3 is 1.